The molecular formula is C30H29FN4O4. The summed E-state index contributed by atoms with van der Waals surface area (Å²) >= 11 is 0. The van der Waals surface area contributed by atoms with Crippen LogP contribution in [0.25, 0.3) is 33.1 Å². The number of ether oxygens (including phenoxy) is 2. The Labute approximate surface area is 224 Å². The maximum atomic E-state index is 15.5. The van der Waals surface area contributed by atoms with Crippen LogP contribution in [-0.2, 0) is 9.47 Å². The number of hydrogen-bond donors (Lipinski definition) is 0. The van der Waals surface area contributed by atoms with Crippen molar-refractivity contribution in [2.45, 2.75) is 39.7 Å². The lowest BCUT2D eigenvalue weighted by molar-refractivity contribution is 0.0519. The summed E-state index contributed by atoms with van der Waals surface area (Å²) in [5.74, 6) is 0.00150. The molecule has 39 heavy (non-hydrogen) atoms. The van der Waals surface area contributed by atoms with Crippen LogP contribution in [-0.4, -0.2) is 45.5 Å². The quantitative estimate of drug-likeness (QED) is 0.243. The largest absolute Gasteiger partial charge is 0.461 e. The summed E-state index contributed by atoms with van der Waals surface area (Å²) in [5.41, 5.74) is 5.53. The van der Waals surface area contributed by atoms with Gasteiger partial charge in [0.2, 0.25) is 0 Å². The first-order chi connectivity index (χ1) is 19.0. The van der Waals surface area contributed by atoms with Gasteiger partial charge in [0.05, 0.1) is 34.9 Å². The Kier molecular flexibility index (Phi) is 6.60. The number of nitrogens with zero attached hydrogens (tertiary/aromatic N) is 4. The van der Waals surface area contributed by atoms with Crippen molar-refractivity contribution in [3.05, 3.63) is 77.3 Å². The SMILES string of the molecule is CCOC(=O)c1cc2c(cn1)c1ncc(-c3c(C)noc3C)cc1n2C(c1ccccc1F)C1CCOCC1. The number of halogens is 1. The Morgan fingerprint density at radius 3 is 2.64 bits per heavy atom. The Balaban J connectivity index is 1.68. The molecule has 0 radical (unpaired) electrons. The van der Waals surface area contributed by atoms with Gasteiger partial charge in [-0.25, -0.2) is 14.2 Å². The number of aryl methyl sites for hydroxylation is 2. The summed E-state index contributed by atoms with van der Waals surface area (Å²) in [6, 6.07) is 10.3. The monoisotopic (exact) mass is 528 g/mol. The number of rotatable bonds is 6. The van der Waals surface area contributed by atoms with Gasteiger partial charge in [-0.1, -0.05) is 23.4 Å². The van der Waals surface area contributed by atoms with Gasteiger partial charge >= 0.3 is 5.97 Å². The van der Waals surface area contributed by atoms with Gasteiger partial charge in [-0.15, -0.1) is 0 Å². The highest BCUT2D eigenvalue weighted by molar-refractivity contribution is 6.08. The van der Waals surface area contributed by atoms with E-state index in [1.807, 2.05) is 32.0 Å². The second-order valence-electron chi connectivity index (χ2n) is 9.88. The van der Waals surface area contributed by atoms with Gasteiger partial charge in [0.15, 0.2) is 0 Å². The molecule has 0 amide bonds. The highest BCUT2D eigenvalue weighted by Gasteiger charge is 2.32. The van der Waals surface area contributed by atoms with E-state index in [1.165, 1.54) is 6.07 Å². The number of carbonyl (C=O) groups excluding carboxylic acids is 1. The van der Waals surface area contributed by atoms with E-state index in [2.05, 4.69) is 14.7 Å². The zero-order valence-corrected chi connectivity index (χ0v) is 22.1. The van der Waals surface area contributed by atoms with Gasteiger partial charge in [-0.3, -0.25) is 4.98 Å². The van der Waals surface area contributed by atoms with Crippen LogP contribution in [0.1, 0.15) is 53.3 Å². The van der Waals surface area contributed by atoms with Gasteiger partial charge in [-0.05, 0) is 57.7 Å². The Morgan fingerprint density at radius 1 is 1.13 bits per heavy atom. The summed E-state index contributed by atoms with van der Waals surface area (Å²) in [6.45, 7) is 6.97. The predicted molar refractivity (Wildman–Crippen MR) is 144 cm³/mol. The van der Waals surface area contributed by atoms with Crippen molar-refractivity contribution in [2.75, 3.05) is 19.8 Å². The fourth-order valence-electron chi connectivity index (χ4n) is 5.80. The number of benzene rings is 1. The molecule has 0 spiro atoms. The minimum atomic E-state index is -0.505. The number of pyridine rings is 2. The molecule has 9 heteroatoms. The van der Waals surface area contributed by atoms with Crippen LogP contribution < -0.4 is 0 Å². The van der Waals surface area contributed by atoms with Crippen molar-refractivity contribution in [3.63, 3.8) is 0 Å². The molecule has 1 atom stereocenters. The molecule has 1 aromatic carbocycles. The van der Waals surface area contributed by atoms with Crippen LogP contribution in [0.5, 0.6) is 0 Å². The van der Waals surface area contributed by atoms with E-state index in [-0.39, 0.29) is 30.1 Å². The van der Waals surface area contributed by atoms with Crippen LogP contribution in [0.2, 0.25) is 0 Å². The molecule has 4 aromatic heterocycles. The Hall–Kier alpha value is -4.11. The molecule has 5 aromatic rings. The molecule has 1 unspecified atom stereocenters. The normalized spacial score (nSPS) is 15.2. The smallest absolute Gasteiger partial charge is 0.356 e. The summed E-state index contributed by atoms with van der Waals surface area (Å²) in [7, 11) is 0. The molecule has 5 heterocycles. The van der Waals surface area contributed by atoms with E-state index >= 15 is 4.39 Å². The van der Waals surface area contributed by atoms with Crippen LogP contribution in [0.3, 0.4) is 0 Å². The zero-order valence-electron chi connectivity index (χ0n) is 22.1. The lowest BCUT2D eigenvalue weighted by Crippen LogP contribution is -2.27. The Bertz CT molecular complexity index is 1670. The second kappa shape index (κ2) is 10.2. The molecule has 1 fully saturated rings. The van der Waals surface area contributed by atoms with Crippen LogP contribution in [0.4, 0.5) is 4.39 Å². The van der Waals surface area contributed by atoms with Crippen LogP contribution in [0, 0.1) is 25.6 Å². The Morgan fingerprint density at radius 2 is 1.92 bits per heavy atom. The first-order valence-electron chi connectivity index (χ1n) is 13.2. The van der Waals surface area contributed by atoms with E-state index in [0.29, 0.717) is 24.5 Å². The molecular weight excluding hydrogens is 499 g/mol. The predicted octanol–water partition coefficient (Wildman–Crippen LogP) is 6.19. The number of carbonyl (C=O) groups is 1. The molecule has 1 aliphatic rings. The van der Waals surface area contributed by atoms with Crippen molar-refractivity contribution in [2.24, 2.45) is 5.92 Å². The van der Waals surface area contributed by atoms with E-state index in [0.717, 1.165) is 51.6 Å². The van der Waals surface area contributed by atoms with Gasteiger partial charge in [-0.2, -0.15) is 0 Å². The molecule has 1 saturated heterocycles. The molecule has 8 nitrogen and oxygen atoms in total. The molecule has 0 N–H and O–H groups in total. The number of aromatic nitrogens is 4. The zero-order chi connectivity index (χ0) is 27.1. The summed E-state index contributed by atoms with van der Waals surface area (Å²) in [5, 5.41) is 4.89. The van der Waals surface area contributed by atoms with Crippen molar-refractivity contribution < 1.29 is 23.2 Å². The van der Waals surface area contributed by atoms with E-state index in [9.17, 15) is 4.79 Å². The van der Waals surface area contributed by atoms with Crippen LogP contribution in [0.15, 0.2) is 53.3 Å². The lowest BCUT2D eigenvalue weighted by Gasteiger charge is -2.33. The van der Waals surface area contributed by atoms with Gasteiger partial charge < -0.3 is 18.6 Å². The molecule has 0 bridgehead atoms. The topological polar surface area (TPSA) is 92.3 Å². The van der Waals surface area contributed by atoms with E-state index in [1.54, 1.807) is 31.5 Å². The van der Waals surface area contributed by atoms with Gasteiger partial charge in [0.1, 0.15) is 17.3 Å². The fourth-order valence-corrected chi connectivity index (χ4v) is 5.80. The number of fused-ring (bicyclic) bond motifs is 3. The molecule has 0 aliphatic carbocycles. The molecule has 0 saturated carbocycles. The van der Waals surface area contributed by atoms with Gasteiger partial charge in [0.25, 0.3) is 0 Å². The minimum absolute atomic E-state index is 0.0939. The molecule has 6 rings (SSSR count). The minimum Gasteiger partial charge on any atom is -0.461 e. The van der Waals surface area contributed by atoms with E-state index < -0.39 is 5.97 Å². The number of esters is 1. The highest BCUT2D eigenvalue weighted by atomic mass is 19.1. The average Bonchev–Trinajstić information content (AvgIpc) is 3.46. The maximum Gasteiger partial charge on any atom is 0.356 e. The third-order valence-corrected chi connectivity index (χ3v) is 7.55. The molecule has 200 valence electrons. The summed E-state index contributed by atoms with van der Waals surface area (Å²) in [6.07, 6.45) is 5.00. The van der Waals surface area contributed by atoms with E-state index in [4.69, 9.17) is 19.0 Å². The molecule has 1 aliphatic heterocycles. The lowest BCUT2D eigenvalue weighted by atomic mass is 9.86. The average molecular weight is 529 g/mol. The van der Waals surface area contributed by atoms with Crippen LogP contribution >= 0.6 is 0 Å². The fraction of sp³-hybridized carbons (Fsp3) is 0.333. The highest BCUT2D eigenvalue weighted by Crippen LogP contribution is 2.42. The standard InChI is InChI=1S/C30H29FN4O4/c1-4-38-30(36)24-14-25-22(16-32-24)28-26(13-20(15-33-28)27-17(2)34-39-18(27)3)35(25)29(19-9-11-37-12-10-19)21-7-5-6-8-23(21)31/h5-8,13-16,19,29H,4,9-12H2,1-3H3. The number of hydrogen-bond acceptors (Lipinski definition) is 7. The maximum absolute atomic E-state index is 15.5. The van der Waals surface area contributed by atoms with Crippen molar-refractivity contribution >= 4 is 27.9 Å². The second-order valence-corrected chi connectivity index (χ2v) is 9.88. The third kappa shape index (κ3) is 4.36. The van der Waals surface area contributed by atoms with Crippen molar-refractivity contribution in [1.29, 1.82) is 0 Å². The third-order valence-electron chi connectivity index (χ3n) is 7.55. The van der Waals surface area contributed by atoms with Crippen molar-refractivity contribution in [1.82, 2.24) is 19.7 Å². The van der Waals surface area contributed by atoms with Gasteiger partial charge in [0, 0.05) is 47.7 Å². The summed E-state index contributed by atoms with van der Waals surface area (Å²) < 4.78 is 34.0. The first kappa shape index (κ1) is 25.2. The first-order valence-corrected chi connectivity index (χ1v) is 13.2. The summed E-state index contributed by atoms with van der Waals surface area (Å²) in [4.78, 5) is 22.0. The van der Waals surface area contributed by atoms with Crippen molar-refractivity contribution in [3.8, 4) is 11.1 Å².